The Balaban J connectivity index is 2.43. The molecule has 8 heteroatoms. The summed E-state index contributed by atoms with van der Waals surface area (Å²) in [7, 11) is 1.85. The lowest BCUT2D eigenvalue weighted by Crippen LogP contribution is -2.05. The van der Waals surface area contributed by atoms with E-state index in [9.17, 15) is 4.79 Å². The van der Waals surface area contributed by atoms with Gasteiger partial charge in [0.15, 0.2) is 5.16 Å². The van der Waals surface area contributed by atoms with Crippen molar-refractivity contribution in [3.63, 3.8) is 0 Å². The van der Waals surface area contributed by atoms with Gasteiger partial charge in [0.25, 0.3) is 0 Å². The summed E-state index contributed by atoms with van der Waals surface area (Å²) in [5.41, 5.74) is 1.76. The van der Waals surface area contributed by atoms with Crippen LogP contribution in [0.2, 0.25) is 0 Å². The van der Waals surface area contributed by atoms with Gasteiger partial charge in [0.1, 0.15) is 5.82 Å². The third kappa shape index (κ3) is 3.01. The van der Waals surface area contributed by atoms with Gasteiger partial charge < -0.3 is 5.11 Å². The molecule has 0 aliphatic rings. The van der Waals surface area contributed by atoms with E-state index in [1.54, 1.807) is 4.68 Å². The maximum atomic E-state index is 10.7. The van der Waals surface area contributed by atoms with E-state index in [-0.39, 0.29) is 5.75 Å². The monoisotopic (exact) mass is 295 g/mol. The fourth-order valence-corrected chi connectivity index (χ4v) is 2.64. The third-order valence-electron chi connectivity index (χ3n) is 2.73. The van der Waals surface area contributed by atoms with Crippen LogP contribution in [-0.2, 0) is 18.3 Å². The Morgan fingerprint density at radius 2 is 2.20 bits per heavy atom. The molecule has 2 aromatic heterocycles. The van der Waals surface area contributed by atoms with Gasteiger partial charge in [-0.3, -0.25) is 14.0 Å². The van der Waals surface area contributed by atoms with E-state index in [4.69, 9.17) is 5.11 Å². The molecule has 7 nitrogen and oxygen atoms in total. The number of hydrogen-bond acceptors (Lipinski definition) is 5. The van der Waals surface area contributed by atoms with Crippen molar-refractivity contribution in [2.75, 3.05) is 5.75 Å². The molecular weight excluding hydrogens is 278 g/mol. The fourth-order valence-electron chi connectivity index (χ4n) is 1.95. The number of thioether (sulfide) groups is 1. The summed E-state index contributed by atoms with van der Waals surface area (Å²) in [6.45, 7) is 3.98. The minimum atomic E-state index is -0.871. The number of hydrogen-bond donors (Lipinski definition) is 1. The highest BCUT2D eigenvalue weighted by molar-refractivity contribution is 7.99. The minimum Gasteiger partial charge on any atom is -0.481 e. The van der Waals surface area contributed by atoms with Crippen molar-refractivity contribution < 1.29 is 9.90 Å². The smallest absolute Gasteiger partial charge is 0.313 e. The van der Waals surface area contributed by atoms with E-state index in [2.05, 4.69) is 22.2 Å². The van der Waals surface area contributed by atoms with Crippen LogP contribution in [0.25, 0.3) is 5.69 Å². The van der Waals surface area contributed by atoms with Gasteiger partial charge in [0.05, 0.1) is 17.1 Å². The van der Waals surface area contributed by atoms with Crippen LogP contribution in [-0.4, -0.2) is 41.4 Å². The molecule has 0 unspecified atom stereocenters. The molecule has 108 valence electrons. The zero-order valence-corrected chi connectivity index (χ0v) is 12.5. The maximum Gasteiger partial charge on any atom is 0.313 e. The van der Waals surface area contributed by atoms with Crippen molar-refractivity contribution in [2.45, 2.75) is 31.8 Å². The van der Waals surface area contributed by atoms with Crippen molar-refractivity contribution >= 4 is 17.7 Å². The van der Waals surface area contributed by atoms with Crippen LogP contribution in [0.4, 0.5) is 0 Å². The second kappa shape index (κ2) is 6.08. The van der Waals surface area contributed by atoms with Gasteiger partial charge in [0.2, 0.25) is 0 Å². The van der Waals surface area contributed by atoms with Crippen molar-refractivity contribution in [2.24, 2.45) is 7.05 Å². The summed E-state index contributed by atoms with van der Waals surface area (Å²) in [6, 6.07) is 0. The lowest BCUT2D eigenvalue weighted by Gasteiger charge is -2.07. The molecule has 0 aliphatic carbocycles. The van der Waals surface area contributed by atoms with E-state index in [0.29, 0.717) is 5.16 Å². The van der Waals surface area contributed by atoms with Gasteiger partial charge in [-0.05, 0) is 13.3 Å². The molecule has 2 heterocycles. The number of carboxylic acid groups (broad SMARTS) is 1. The molecule has 1 N–H and O–H groups in total. The Morgan fingerprint density at radius 1 is 1.45 bits per heavy atom. The molecule has 0 saturated heterocycles. The zero-order chi connectivity index (χ0) is 14.7. The lowest BCUT2D eigenvalue weighted by molar-refractivity contribution is -0.133. The van der Waals surface area contributed by atoms with Crippen LogP contribution in [0.5, 0.6) is 0 Å². The first-order valence-corrected chi connectivity index (χ1v) is 7.31. The molecule has 2 rings (SSSR count). The number of carboxylic acids is 1. The van der Waals surface area contributed by atoms with Crippen molar-refractivity contribution in [3.8, 4) is 5.69 Å². The second-order valence-corrected chi connectivity index (χ2v) is 5.38. The number of aromatic nitrogens is 5. The average molecular weight is 295 g/mol. The SMILES string of the molecule is CCCc1nnc(SCC(=O)O)n1-c1cn(C)nc1C. The highest BCUT2D eigenvalue weighted by atomic mass is 32.2. The van der Waals surface area contributed by atoms with Crippen LogP contribution < -0.4 is 0 Å². The Morgan fingerprint density at radius 3 is 2.75 bits per heavy atom. The second-order valence-electron chi connectivity index (χ2n) is 4.44. The number of aryl methyl sites for hydroxylation is 3. The summed E-state index contributed by atoms with van der Waals surface area (Å²) in [5, 5.41) is 22.0. The summed E-state index contributed by atoms with van der Waals surface area (Å²) in [4.78, 5) is 10.7. The summed E-state index contributed by atoms with van der Waals surface area (Å²) < 4.78 is 3.63. The average Bonchev–Trinajstić information content (AvgIpc) is 2.90. The predicted molar refractivity (Wildman–Crippen MR) is 75.2 cm³/mol. The molecule has 20 heavy (non-hydrogen) atoms. The van der Waals surface area contributed by atoms with Crippen molar-refractivity contribution in [1.82, 2.24) is 24.5 Å². The zero-order valence-electron chi connectivity index (χ0n) is 11.7. The minimum absolute atomic E-state index is 0.0381. The van der Waals surface area contributed by atoms with E-state index < -0.39 is 5.97 Å². The molecule has 0 fully saturated rings. The molecule has 2 aromatic rings. The Bertz CT molecular complexity index is 619. The number of carbonyl (C=O) groups is 1. The normalized spacial score (nSPS) is 10.9. The van der Waals surface area contributed by atoms with Crippen LogP contribution in [0, 0.1) is 6.92 Å². The summed E-state index contributed by atoms with van der Waals surface area (Å²) in [6.07, 6.45) is 3.62. The lowest BCUT2D eigenvalue weighted by atomic mass is 10.3. The molecule has 0 atom stereocenters. The van der Waals surface area contributed by atoms with E-state index in [1.165, 1.54) is 11.8 Å². The Kier molecular flexibility index (Phi) is 4.43. The van der Waals surface area contributed by atoms with E-state index in [0.717, 1.165) is 30.0 Å². The summed E-state index contributed by atoms with van der Waals surface area (Å²) in [5.74, 6) is -0.0789. The van der Waals surface area contributed by atoms with E-state index in [1.807, 2.05) is 24.7 Å². The molecule has 0 spiro atoms. The maximum absolute atomic E-state index is 10.7. The van der Waals surface area contributed by atoms with Crippen molar-refractivity contribution in [1.29, 1.82) is 0 Å². The molecule has 0 saturated carbocycles. The Labute approximate surface area is 121 Å². The van der Waals surface area contributed by atoms with Gasteiger partial charge in [-0.15, -0.1) is 10.2 Å². The van der Waals surface area contributed by atoms with Gasteiger partial charge in [-0.1, -0.05) is 18.7 Å². The van der Waals surface area contributed by atoms with Crippen LogP contribution in [0.15, 0.2) is 11.4 Å². The van der Waals surface area contributed by atoms with Gasteiger partial charge in [-0.2, -0.15) is 5.10 Å². The summed E-state index contributed by atoms with van der Waals surface area (Å²) >= 11 is 1.17. The van der Waals surface area contributed by atoms with Gasteiger partial charge >= 0.3 is 5.97 Å². The van der Waals surface area contributed by atoms with Gasteiger partial charge in [0, 0.05) is 19.7 Å². The first kappa shape index (κ1) is 14.6. The quantitative estimate of drug-likeness (QED) is 0.812. The van der Waals surface area contributed by atoms with E-state index >= 15 is 0 Å². The first-order valence-electron chi connectivity index (χ1n) is 6.32. The van der Waals surface area contributed by atoms with Crippen LogP contribution in [0.3, 0.4) is 0 Å². The highest BCUT2D eigenvalue weighted by Crippen LogP contribution is 2.24. The molecule has 0 bridgehead atoms. The fraction of sp³-hybridized carbons (Fsp3) is 0.500. The topological polar surface area (TPSA) is 85.8 Å². The Hall–Kier alpha value is -1.83. The number of rotatable bonds is 6. The van der Waals surface area contributed by atoms with Crippen LogP contribution >= 0.6 is 11.8 Å². The van der Waals surface area contributed by atoms with Crippen molar-refractivity contribution in [3.05, 3.63) is 17.7 Å². The molecular formula is C12H17N5O2S. The standard InChI is InChI=1S/C12H17N5O2S/c1-4-5-10-13-14-12(20-7-11(18)19)17(10)9-6-16(3)15-8(9)2/h6H,4-5,7H2,1-3H3,(H,18,19). The third-order valence-corrected chi connectivity index (χ3v) is 3.64. The molecule has 0 aromatic carbocycles. The van der Waals surface area contributed by atoms with Crippen LogP contribution in [0.1, 0.15) is 24.9 Å². The predicted octanol–water partition coefficient (Wildman–Crippen LogP) is 1.44. The number of aliphatic carboxylic acids is 1. The molecule has 0 radical (unpaired) electrons. The largest absolute Gasteiger partial charge is 0.481 e. The number of nitrogens with zero attached hydrogens (tertiary/aromatic N) is 5. The van der Waals surface area contributed by atoms with Gasteiger partial charge in [-0.25, -0.2) is 0 Å². The highest BCUT2D eigenvalue weighted by Gasteiger charge is 2.18. The molecule has 0 aliphatic heterocycles. The first-order chi connectivity index (χ1) is 9.52. The molecule has 0 amide bonds.